The molecule has 0 unspecified atom stereocenters. The fraction of sp³-hybridized carbons (Fsp3) is 0.714. The highest BCUT2D eigenvalue weighted by atomic mass is 16.2. The van der Waals surface area contributed by atoms with E-state index in [2.05, 4.69) is 17.2 Å². The van der Waals surface area contributed by atoms with E-state index in [0.29, 0.717) is 12.6 Å². The van der Waals surface area contributed by atoms with Crippen LogP contribution < -0.4 is 10.6 Å². The van der Waals surface area contributed by atoms with E-state index in [4.69, 9.17) is 0 Å². The SMILES string of the molecule is C=CCNC(=O)C1CCC(C(=O)NC2CC2)CC1. The summed E-state index contributed by atoms with van der Waals surface area (Å²) in [6.07, 6.45) is 7.27. The molecule has 100 valence electrons. The van der Waals surface area contributed by atoms with E-state index in [1.807, 2.05) is 0 Å². The summed E-state index contributed by atoms with van der Waals surface area (Å²) in [7, 11) is 0. The Bertz CT molecular complexity index is 329. The van der Waals surface area contributed by atoms with E-state index in [1.54, 1.807) is 6.08 Å². The molecule has 4 nitrogen and oxygen atoms in total. The van der Waals surface area contributed by atoms with Gasteiger partial charge in [0, 0.05) is 24.4 Å². The number of hydrogen-bond acceptors (Lipinski definition) is 2. The Kier molecular flexibility index (Phi) is 4.39. The van der Waals surface area contributed by atoms with Crippen molar-refractivity contribution in [2.45, 2.75) is 44.6 Å². The van der Waals surface area contributed by atoms with E-state index in [0.717, 1.165) is 38.5 Å². The molecular formula is C14H22N2O2. The first-order chi connectivity index (χ1) is 8.70. The van der Waals surface area contributed by atoms with Crippen molar-refractivity contribution >= 4 is 11.8 Å². The fourth-order valence-electron chi connectivity index (χ4n) is 2.48. The van der Waals surface area contributed by atoms with E-state index in [1.165, 1.54) is 0 Å². The summed E-state index contributed by atoms with van der Waals surface area (Å²) in [6, 6.07) is 0.436. The van der Waals surface area contributed by atoms with Crippen LogP contribution in [0, 0.1) is 11.8 Å². The molecule has 0 heterocycles. The van der Waals surface area contributed by atoms with E-state index < -0.39 is 0 Å². The van der Waals surface area contributed by atoms with Gasteiger partial charge in [-0.3, -0.25) is 9.59 Å². The van der Waals surface area contributed by atoms with E-state index in [-0.39, 0.29) is 23.7 Å². The summed E-state index contributed by atoms with van der Waals surface area (Å²) in [5.41, 5.74) is 0. The Hall–Kier alpha value is -1.32. The number of rotatable bonds is 5. The highest BCUT2D eigenvalue weighted by molar-refractivity contribution is 5.81. The molecule has 2 amide bonds. The van der Waals surface area contributed by atoms with Crippen molar-refractivity contribution in [1.82, 2.24) is 10.6 Å². The van der Waals surface area contributed by atoms with Crippen molar-refractivity contribution in [2.75, 3.05) is 6.54 Å². The second-order valence-electron chi connectivity index (χ2n) is 5.37. The number of hydrogen-bond donors (Lipinski definition) is 2. The van der Waals surface area contributed by atoms with Crippen LogP contribution in [0.25, 0.3) is 0 Å². The monoisotopic (exact) mass is 250 g/mol. The standard InChI is InChI=1S/C14H22N2O2/c1-2-9-15-13(17)10-3-5-11(6-4-10)14(18)16-12-7-8-12/h2,10-12H,1,3-9H2,(H,15,17)(H,16,18). The summed E-state index contributed by atoms with van der Waals surface area (Å²) in [4.78, 5) is 23.6. The van der Waals surface area contributed by atoms with Crippen LogP contribution in [-0.4, -0.2) is 24.4 Å². The van der Waals surface area contributed by atoms with Crippen LogP contribution in [0.15, 0.2) is 12.7 Å². The zero-order valence-electron chi connectivity index (χ0n) is 10.8. The fourth-order valence-corrected chi connectivity index (χ4v) is 2.48. The third-order valence-electron chi connectivity index (χ3n) is 3.81. The lowest BCUT2D eigenvalue weighted by Crippen LogP contribution is -2.38. The van der Waals surface area contributed by atoms with Crippen LogP contribution in [0.4, 0.5) is 0 Å². The topological polar surface area (TPSA) is 58.2 Å². The van der Waals surface area contributed by atoms with Gasteiger partial charge >= 0.3 is 0 Å². The third-order valence-corrected chi connectivity index (χ3v) is 3.81. The maximum atomic E-state index is 11.9. The quantitative estimate of drug-likeness (QED) is 0.724. The first kappa shape index (κ1) is 13.1. The first-order valence-corrected chi connectivity index (χ1v) is 6.89. The van der Waals surface area contributed by atoms with Crippen LogP contribution in [0.3, 0.4) is 0 Å². The molecular weight excluding hydrogens is 228 g/mol. The second kappa shape index (κ2) is 6.03. The Morgan fingerprint density at radius 2 is 1.56 bits per heavy atom. The Morgan fingerprint density at radius 1 is 1.00 bits per heavy atom. The van der Waals surface area contributed by atoms with Gasteiger partial charge in [-0.1, -0.05) is 6.08 Å². The average molecular weight is 250 g/mol. The largest absolute Gasteiger partial charge is 0.353 e. The zero-order chi connectivity index (χ0) is 13.0. The molecule has 2 N–H and O–H groups in total. The molecule has 0 aromatic heterocycles. The Balaban J connectivity index is 1.71. The lowest BCUT2D eigenvalue weighted by Gasteiger charge is -2.26. The smallest absolute Gasteiger partial charge is 0.223 e. The summed E-state index contributed by atoms with van der Waals surface area (Å²) >= 11 is 0. The molecule has 2 fully saturated rings. The molecule has 0 spiro atoms. The van der Waals surface area contributed by atoms with Gasteiger partial charge in [-0.05, 0) is 38.5 Å². The Labute approximate surface area is 108 Å². The molecule has 18 heavy (non-hydrogen) atoms. The van der Waals surface area contributed by atoms with Gasteiger partial charge in [-0.15, -0.1) is 6.58 Å². The number of nitrogens with one attached hydrogen (secondary N) is 2. The highest BCUT2D eigenvalue weighted by Crippen LogP contribution is 2.30. The number of amides is 2. The van der Waals surface area contributed by atoms with Crippen molar-refractivity contribution in [2.24, 2.45) is 11.8 Å². The van der Waals surface area contributed by atoms with Gasteiger partial charge in [-0.25, -0.2) is 0 Å². The molecule has 0 aromatic rings. The summed E-state index contributed by atoms with van der Waals surface area (Å²) in [6.45, 7) is 4.11. The molecule has 0 aromatic carbocycles. The average Bonchev–Trinajstić information content (AvgIpc) is 3.20. The molecule has 0 atom stereocenters. The molecule has 0 radical (unpaired) electrons. The predicted molar refractivity (Wildman–Crippen MR) is 69.8 cm³/mol. The lowest BCUT2D eigenvalue weighted by atomic mass is 9.81. The number of carbonyl (C=O) groups excluding carboxylic acids is 2. The third kappa shape index (κ3) is 3.59. The summed E-state index contributed by atoms with van der Waals surface area (Å²) in [5, 5.41) is 5.88. The van der Waals surface area contributed by atoms with Gasteiger partial charge in [0.1, 0.15) is 0 Å². The molecule has 2 saturated carbocycles. The van der Waals surface area contributed by atoms with Gasteiger partial charge in [0.15, 0.2) is 0 Å². The highest BCUT2D eigenvalue weighted by Gasteiger charge is 2.32. The van der Waals surface area contributed by atoms with Gasteiger partial charge in [0.05, 0.1) is 0 Å². The minimum Gasteiger partial charge on any atom is -0.353 e. The minimum absolute atomic E-state index is 0.0786. The van der Waals surface area contributed by atoms with Crippen LogP contribution in [-0.2, 0) is 9.59 Å². The molecule has 4 heteroatoms. The van der Waals surface area contributed by atoms with Crippen LogP contribution in [0.5, 0.6) is 0 Å². The summed E-state index contributed by atoms with van der Waals surface area (Å²) in [5.74, 6) is 0.502. The van der Waals surface area contributed by atoms with Gasteiger partial charge in [-0.2, -0.15) is 0 Å². The second-order valence-corrected chi connectivity index (χ2v) is 5.37. The first-order valence-electron chi connectivity index (χ1n) is 6.89. The van der Waals surface area contributed by atoms with Crippen molar-refractivity contribution in [3.63, 3.8) is 0 Å². The molecule has 0 aliphatic heterocycles. The van der Waals surface area contributed by atoms with Crippen LogP contribution >= 0.6 is 0 Å². The molecule has 2 aliphatic carbocycles. The van der Waals surface area contributed by atoms with Crippen molar-refractivity contribution in [3.05, 3.63) is 12.7 Å². The lowest BCUT2D eigenvalue weighted by molar-refractivity contribution is -0.130. The molecule has 2 aliphatic rings. The Morgan fingerprint density at radius 3 is 2.06 bits per heavy atom. The van der Waals surface area contributed by atoms with Gasteiger partial charge in [0.2, 0.25) is 11.8 Å². The van der Waals surface area contributed by atoms with Crippen molar-refractivity contribution in [1.29, 1.82) is 0 Å². The number of carbonyl (C=O) groups is 2. The molecule has 0 saturated heterocycles. The van der Waals surface area contributed by atoms with Crippen molar-refractivity contribution in [3.8, 4) is 0 Å². The van der Waals surface area contributed by atoms with E-state index in [9.17, 15) is 9.59 Å². The maximum absolute atomic E-state index is 11.9. The van der Waals surface area contributed by atoms with Crippen LogP contribution in [0.2, 0.25) is 0 Å². The van der Waals surface area contributed by atoms with Gasteiger partial charge < -0.3 is 10.6 Å². The van der Waals surface area contributed by atoms with Gasteiger partial charge in [0.25, 0.3) is 0 Å². The summed E-state index contributed by atoms with van der Waals surface area (Å²) < 4.78 is 0. The van der Waals surface area contributed by atoms with E-state index >= 15 is 0 Å². The maximum Gasteiger partial charge on any atom is 0.223 e. The molecule has 0 bridgehead atoms. The minimum atomic E-state index is 0.0786. The normalized spacial score (nSPS) is 27.3. The molecule has 2 rings (SSSR count). The van der Waals surface area contributed by atoms with Crippen LogP contribution in [0.1, 0.15) is 38.5 Å². The zero-order valence-corrected chi connectivity index (χ0v) is 10.8. The predicted octanol–water partition coefficient (Wildman–Crippen LogP) is 1.37. The van der Waals surface area contributed by atoms with Crippen molar-refractivity contribution < 1.29 is 9.59 Å².